The molecular formula is C21H18N2O5. The molecule has 2 aliphatic heterocycles. The highest BCUT2D eigenvalue weighted by Gasteiger charge is 2.47. The van der Waals surface area contributed by atoms with Gasteiger partial charge in [0.15, 0.2) is 5.60 Å². The van der Waals surface area contributed by atoms with E-state index in [1.807, 2.05) is 30.3 Å². The van der Waals surface area contributed by atoms with Crippen LogP contribution >= 0.6 is 0 Å². The summed E-state index contributed by atoms with van der Waals surface area (Å²) in [5.74, 6) is -0.800. The second-order valence-corrected chi connectivity index (χ2v) is 7.21. The molecule has 7 heteroatoms. The molecule has 5 rings (SSSR count). The third-order valence-corrected chi connectivity index (χ3v) is 5.79. The average molecular weight is 378 g/mol. The van der Waals surface area contributed by atoms with Gasteiger partial charge in [0.25, 0.3) is 5.56 Å². The maximum absolute atomic E-state index is 13.2. The van der Waals surface area contributed by atoms with Crippen LogP contribution in [-0.2, 0) is 34.9 Å². The van der Waals surface area contributed by atoms with Crippen LogP contribution in [0.2, 0.25) is 0 Å². The molecule has 7 nitrogen and oxygen atoms in total. The van der Waals surface area contributed by atoms with Crippen molar-refractivity contribution < 1.29 is 19.7 Å². The van der Waals surface area contributed by atoms with E-state index < -0.39 is 18.2 Å². The van der Waals surface area contributed by atoms with Crippen molar-refractivity contribution in [1.29, 1.82) is 0 Å². The Morgan fingerprint density at radius 3 is 2.82 bits per heavy atom. The number of hydrogen-bond acceptors (Lipinski definition) is 6. The minimum absolute atomic E-state index is 0.0345. The number of ether oxygens (including phenoxy) is 1. The monoisotopic (exact) mass is 378 g/mol. The van der Waals surface area contributed by atoms with Crippen molar-refractivity contribution in [3.63, 3.8) is 0 Å². The van der Waals surface area contributed by atoms with Gasteiger partial charge in [0.2, 0.25) is 0 Å². The van der Waals surface area contributed by atoms with Crippen molar-refractivity contribution in [3.05, 3.63) is 62.9 Å². The third kappa shape index (κ3) is 2.03. The number of hydrogen-bond donors (Lipinski definition) is 2. The van der Waals surface area contributed by atoms with Crippen LogP contribution in [0, 0.1) is 0 Å². The number of carbonyl (C=O) groups is 1. The van der Waals surface area contributed by atoms with Crippen LogP contribution in [0.3, 0.4) is 0 Å². The van der Waals surface area contributed by atoms with Gasteiger partial charge in [-0.3, -0.25) is 4.79 Å². The lowest BCUT2D eigenvalue weighted by Crippen LogP contribution is -2.45. The van der Waals surface area contributed by atoms with E-state index in [0.29, 0.717) is 23.5 Å². The molecule has 3 aromatic rings. The first-order valence-corrected chi connectivity index (χ1v) is 9.18. The fraction of sp³-hybridized carbons (Fsp3) is 0.286. The standard InChI is InChI=1S/C21H18N2O5/c1-2-21(27)16-13(9-24)18-17-12(7-11-5-3-4-6-15(11)22-17)8-23(18)19(25)14(16)10-28-20(21)26/h3-7,24,27H,2,8-10H2,1H3/t21-/m0/s1. The summed E-state index contributed by atoms with van der Waals surface area (Å²) >= 11 is 0. The quantitative estimate of drug-likeness (QED) is 0.514. The SMILES string of the molecule is CC[C@@]1(O)C(=O)OCc2c1c(CO)c1n(c2=O)Cc2cc3ccccc3nc2-1. The van der Waals surface area contributed by atoms with E-state index in [1.54, 1.807) is 11.5 Å². The first kappa shape index (κ1) is 17.1. The van der Waals surface area contributed by atoms with E-state index in [-0.39, 0.29) is 29.7 Å². The number of aromatic nitrogens is 2. The molecule has 4 heterocycles. The van der Waals surface area contributed by atoms with Crippen LogP contribution in [0.15, 0.2) is 35.1 Å². The van der Waals surface area contributed by atoms with Crippen molar-refractivity contribution in [2.24, 2.45) is 0 Å². The van der Waals surface area contributed by atoms with Crippen LogP contribution in [0.1, 0.15) is 35.6 Å². The fourth-order valence-electron chi connectivity index (χ4n) is 4.38. The molecule has 1 aromatic carbocycles. The summed E-state index contributed by atoms with van der Waals surface area (Å²) in [7, 11) is 0. The summed E-state index contributed by atoms with van der Waals surface area (Å²) in [6.45, 7) is 1.32. The molecule has 0 spiro atoms. The van der Waals surface area contributed by atoms with Gasteiger partial charge in [-0.1, -0.05) is 25.1 Å². The molecule has 142 valence electrons. The third-order valence-electron chi connectivity index (χ3n) is 5.79. The van der Waals surface area contributed by atoms with Gasteiger partial charge in [0.1, 0.15) is 6.61 Å². The van der Waals surface area contributed by atoms with Crippen molar-refractivity contribution in [3.8, 4) is 11.4 Å². The largest absolute Gasteiger partial charge is 0.458 e. The minimum Gasteiger partial charge on any atom is -0.458 e. The molecule has 2 N–H and O–H groups in total. The Bertz CT molecular complexity index is 1230. The smallest absolute Gasteiger partial charge is 0.343 e. The predicted molar refractivity (Wildman–Crippen MR) is 100 cm³/mol. The summed E-state index contributed by atoms with van der Waals surface area (Å²) in [4.78, 5) is 30.2. The number of para-hydroxylation sites is 1. The van der Waals surface area contributed by atoms with Gasteiger partial charge in [0, 0.05) is 22.1 Å². The van der Waals surface area contributed by atoms with Crippen LogP contribution < -0.4 is 5.56 Å². The number of carbonyl (C=O) groups excluding carboxylic acids is 1. The summed E-state index contributed by atoms with van der Waals surface area (Å²) in [6.07, 6.45) is 0.0345. The van der Waals surface area contributed by atoms with Crippen molar-refractivity contribution in [2.75, 3.05) is 0 Å². The first-order valence-electron chi connectivity index (χ1n) is 9.18. The molecule has 0 aliphatic carbocycles. The number of aliphatic hydroxyl groups excluding tert-OH is 1. The Labute approximate surface area is 159 Å². The molecule has 0 unspecified atom stereocenters. The highest BCUT2D eigenvalue weighted by atomic mass is 16.6. The Morgan fingerprint density at radius 2 is 2.07 bits per heavy atom. The Morgan fingerprint density at radius 1 is 1.29 bits per heavy atom. The molecule has 28 heavy (non-hydrogen) atoms. The van der Waals surface area contributed by atoms with Gasteiger partial charge < -0.3 is 19.5 Å². The topological polar surface area (TPSA) is 102 Å². The molecule has 1 atom stereocenters. The Kier molecular flexibility index (Phi) is 3.50. The molecule has 0 saturated carbocycles. The van der Waals surface area contributed by atoms with E-state index in [4.69, 9.17) is 9.72 Å². The van der Waals surface area contributed by atoms with E-state index in [9.17, 15) is 19.8 Å². The highest BCUT2D eigenvalue weighted by molar-refractivity contribution is 5.87. The molecule has 2 aliphatic rings. The summed E-state index contributed by atoms with van der Waals surface area (Å²) in [5, 5.41) is 22.2. The second-order valence-electron chi connectivity index (χ2n) is 7.21. The Balaban J connectivity index is 1.89. The number of fused-ring (bicyclic) bond motifs is 5. The predicted octanol–water partition coefficient (Wildman–Crippen LogP) is 1.57. The summed E-state index contributed by atoms with van der Waals surface area (Å²) in [6, 6.07) is 9.63. The van der Waals surface area contributed by atoms with Crippen LogP contribution in [-0.4, -0.2) is 25.7 Å². The zero-order chi connectivity index (χ0) is 19.6. The van der Waals surface area contributed by atoms with Crippen LogP contribution in [0.4, 0.5) is 0 Å². The number of aliphatic hydroxyl groups is 2. The molecule has 0 amide bonds. The fourth-order valence-corrected chi connectivity index (χ4v) is 4.38. The maximum atomic E-state index is 13.2. The van der Waals surface area contributed by atoms with Gasteiger partial charge in [-0.25, -0.2) is 9.78 Å². The number of cyclic esters (lactones) is 1. The molecule has 0 fully saturated rings. The maximum Gasteiger partial charge on any atom is 0.343 e. The Hall–Kier alpha value is -3.03. The lowest BCUT2D eigenvalue weighted by molar-refractivity contribution is -0.172. The number of esters is 1. The van der Waals surface area contributed by atoms with Gasteiger partial charge >= 0.3 is 5.97 Å². The van der Waals surface area contributed by atoms with Crippen LogP contribution in [0.5, 0.6) is 0 Å². The van der Waals surface area contributed by atoms with Gasteiger partial charge in [0.05, 0.1) is 35.6 Å². The molecule has 0 radical (unpaired) electrons. The number of rotatable bonds is 2. The van der Waals surface area contributed by atoms with Crippen molar-refractivity contribution in [2.45, 2.75) is 38.7 Å². The number of pyridine rings is 2. The molecule has 2 aromatic heterocycles. The van der Waals surface area contributed by atoms with Gasteiger partial charge in [-0.05, 0) is 18.6 Å². The zero-order valence-corrected chi connectivity index (χ0v) is 15.2. The van der Waals surface area contributed by atoms with Crippen LogP contribution in [0.25, 0.3) is 22.3 Å². The number of nitrogens with zero attached hydrogens (tertiary/aromatic N) is 2. The van der Waals surface area contributed by atoms with E-state index in [1.165, 1.54) is 0 Å². The lowest BCUT2D eigenvalue weighted by Gasteiger charge is -2.33. The van der Waals surface area contributed by atoms with Crippen molar-refractivity contribution in [1.82, 2.24) is 9.55 Å². The van der Waals surface area contributed by atoms with Gasteiger partial charge in [-0.15, -0.1) is 0 Å². The number of benzene rings is 1. The van der Waals surface area contributed by atoms with Gasteiger partial charge in [-0.2, -0.15) is 0 Å². The first-order chi connectivity index (χ1) is 13.5. The second kappa shape index (κ2) is 5.73. The average Bonchev–Trinajstić information content (AvgIpc) is 3.08. The highest BCUT2D eigenvalue weighted by Crippen LogP contribution is 2.42. The molecular weight excluding hydrogens is 360 g/mol. The van der Waals surface area contributed by atoms with E-state index >= 15 is 0 Å². The minimum atomic E-state index is -1.96. The zero-order valence-electron chi connectivity index (χ0n) is 15.2. The van der Waals surface area contributed by atoms with E-state index in [0.717, 1.165) is 16.5 Å². The summed E-state index contributed by atoms with van der Waals surface area (Å²) < 4.78 is 6.64. The lowest BCUT2D eigenvalue weighted by atomic mass is 9.82. The van der Waals surface area contributed by atoms with Crippen molar-refractivity contribution >= 4 is 16.9 Å². The normalized spacial score (nSPS) is 19.9. The summed E-state index contributed by atoms with van der Waals surface area (Å²) in [5.41, 5.74) is 1.16. The molecule has 0 saturated heterocycles. The van der Waals surface area contributed by atoms with E-state index in [2.05, 4.69) is 0 Å². The molecule has 0 bridgehead atoms.